The van der Waals surface area contributed by atoms with Crippen LogP contribution in [0.5, 0.6) is 0 Å². The summed E-state index contributed by atoms with van der Waals surface area (Å²) in [6, 6.07) is 8.17. The molecule has 0 bridgehead atoms. The van der Waals surface area contributed by atoms with E-state index >= 15 is 4.39 Å². The van der Waals surface area contributed by atoms with Crippen LogP contribution in [0.2, 0.25) is 0 Å². The third-order valence-corrected chi connectivity index (χ3v) is 8.60. The number of aromatic nitrogens is 2. The summed E-state index contributed by atoms with van der Waals surface area (Å²) in [4.78, 5) is 0. The maximum absolute atomic E-state index is 15.2. The Balaban J connectivity index is 1.82. The fraction of sp³-hybridized carbons (Fsp3) is 0.300. The average Bonchev–Trinajstić information content (AvgIpc) is 3.25. The minimum atomic E-state index is -4.43. The van der Waals surface area contributed by atoms with Crippen LogP contribution in [-0.2, 0) is 31.9 Å². The highest BCUT2D eigenvalue weighted by molar-refractivity contribution is 7.92. The van der Waals surface area contributed by atoms with Crippen molar-refractivity contribution in [2.45, 2.75) is 18.4 Å². The lowest BCUT2D eigenvalue weighted by Gasteiger charge is -2.46. The zero-order chi connectivity index (χ0) is 25.6. The molecule has 1 aliphatic heterocycles. The molecule has 0 aliphatic carbocycles. The molecule has 0 saturated carbocycles. The minimum Gasteiger partial charge on any atom is -0.415 e. The normalized spacial score (nSPS) is 23.6. The predicted octanol–water partition coefficient (Wildman–Crippen LogP) is 2.96. The quantitative estimate of drug-likeness (QED) is 0.467. The summed E-state index contributed by atoms with van der Waals surface area (Å²) in [6.07, 6.45) is -3.41. The molecule has 3 N–H and O–H groups in total. The van der Waals surface area contributed by atoms with Crippen molar-refractivity contribution in [2.75, 3.05) is 18.1 Å². The Labute approximate surface area is 198 Å². The number of nitrogens with two attached hydrogens (primary N) is 1. The standard InChI is InChI=1S/C20H19F4N5O4S2/c21-15-5-3-14(4-6-15)20(11-34(25,30)8-7-29(20)35(26,31)32)10-13-2-1-12(9-16(13)22)18-27-28-19(33-18)17(23)24/h1-6,9,17,25H,7-8,10-11H2,(H2,26,31,32). The van der Waals surface area contributed by atoms with E-state index in [4.69, 9.17) is 14.3 Å². The highest BCUT2D eigenvalue weighted by Crippen LogP contribution is 2.39. The van der Waals surface area contributed by atoms with E-state index in [1.54, 1.807) is 0 Å². The number of nitrogens with zero attached hydrogens (tertiary/aromatic N) is 3. The van der Waals surface area contributed by atoms with Crippen molar-refractivity contribution in [3.05, 3.63) is 71.1 Å². The van der Waals surface area contributed by atoms with Crippen LogP contribution >= 0.6 is 0 Å². The first-order valence-electron chi connectivity index (χ1n) is 10.0. The molecule has 2 heterocycles. The van der Waals surface area contributed by atoms with Crippen molar-refractivity contribution in [2.24, 2.45) is 5.14 Å². The lowest BCUT2D eigenvalue weighted by molar-refractivity contribution is 0.116. The second kappa shape index (κ2) is 8.96. The van der Waals surface area contributed by atoms with Gasteiger partial charge in [0.1, 0.15) is 11.6 Å². The molecule has 1 aromatic heterocycles. The van der Waals surface area contributed by atoms with E-state index in [2.05, 4.69) is 10.2 Å². The fourth-order valence-electron chi connectivity index (χ4n) is 4.15. The van der Waals surface area contributed by atoms with Gasteiger partial charge in [0.2, 0.25) is 5.89 Å². The van der Waals surface area contributed by atoms with Crippen molar-refractivity contribution < 1.29 is 34.6 Å². The second-order valence-electron chi connectivity index (χ2n) is 8.04. The molecule has 9 nitrogen and oxygen atoms in total. The molecule has 0 radical (unpaired) electrons. The van der Waals surface area contributed by atoms with E-state index in [9.17, 15) is 25.8 Å². The molecule has 1 saturated heterocycles. The van der Waals surface area contributed by atoms with Gasteiger partial charge >= 0.3 is 6.43 Å². The number of alkyl halides is 2. The second-order valence-corrected chi connectivity index (χ2v) is 11.8. The molecule has 15 heteroatoms. The van der Waals surface area contributed by atoms with Crippen LogP contribution in [0.3, 0.4) is 0 Å². The molecule has 1 aliphatic rings. The smallest absolute Gasteiger partial charge is 0.314 e. The van der Waals surface area contributed by atoms with Crippen LogP contribution in [-0.4, -0.2) is 45.2 Å². The summed E-state index contributed by atoms with van der Waals surface area (Å²) in [7, 11) is -7.74. The Hall–Kier alpha value is -2.88. The summed E-state index contributed by atoms with van der Waals surface area (Å²) >= 11 is 0. The lowest BCUT2D eigenvalue weighted by Crippen LogP contribution is -2.61. The summed E-state index contributed by atoms with van der Waals surface area (Å²) in [5, 5.41) is 12.1. The van der Waals surface area contributed by atoms with E-state index in [0.29, 0.717) is 0 Å². The maximum Gasteiger partial charge on any atom is 0.314 e. The highest BCUT2D eigenvalue weighted by Gasteiger charge is 2.49. The van der Waals surface area contributed by atoms with E-state index in [1.807, 2.05) is 0 Å². The van der Waals surface area contributed by atoms with Crippen molar-refractivity contribution in [1.29, 1.82) is 4.78 Å². The number of halogens is 4. The molecule has 4 rings (SSSR count). The van der Waals surface area contributed by atoms with E-state index < -0.39 is 61.6 Å². The summed E-state index contributed by atoms with van der Waals surface area (Å²) in [5.41, 5.74) is -1.64. The van der Waals surface area contributed by atoms with Gasteiger partial charge in [0, 0.05) is 27.6 Å². The SMILES string of the molecule is N=S1(=O)CCN(S(N)(=O)=O)C(Cc2ccc(-c3nnc(C(F)F)o3)cc2F)(c2ccc(F)cc2)C1. The Morgan fingerprint density at radius 1 is 1.17 bits per heavy atom. The predicted molar refractivity (Wildman–Crippen MR) is 117 cm³/mol. The van der Waals surface area contributed by atoms with Crippen molar-refractivity contribution >= 4 is 19.9 Å². The average molecular weight is 534 g/mol. The van der Waals surface area contributed by atoms with E-state index in [1.165, 1.54) is 24.3 Å². The third kappa shape index (κ3) is 5.07. The molecule has 2 unspecified atom stereocenters. The van der Waals surface area contributed by atoms with Crippen LogP contribution in [0.1, 0.15) is 23.4 Å². The number of rotatable bonds is 6. The molecule has 1 fully saturated rings. The van der Waals surface area contributed by atoms with Gasteiger partial charge in [0.05, 0.1) is 11.3 Å². The van der Waals surface area contributed by atoms with Gasteiger partial charge in [0.15, 0.2) is 0 Å². The first-order valence-corrected chi connectivity index (χ1v) is 13.4. The molecule has 2 atom stereocenters. The lowest BCUT2D eigenvalue weighted by atomic mass is 9.84. The van der Waals surface area contributed by atoms with E-state index in [0.717, 1.165) is 22.5 Å². The zero-order valence-electron chi connectivity index (χ0n) is 17.8. The fourth-order valence-corrected chi connectivity index (χ4v) is 7.23. The van der Waals surface area contributed by atoms with Gasteiger partial charge in [-0.15, -0.1) is 10.2 Å². The van der Waals surface area contributed by atoms with Gasteiger partial charge in [0.25, 0.3) is 16.1 Å². The summed E-state index contributed by atoms with van der Waals surface area (Å²) in [5.74, 6) is -3.57. The number of benzene rings is 2. The largest absolute Gasteiger partial charge is 0.415 e. The summed E-state index contributed by atoms with van der Waals surface area (Å²) < 4.78 is 106. The first kappa shape index (κ1) is 25.2. The van der Waals surface area contributed by atoms with Gasteiger partial charge in [-0.3, -0.25) is 4.78 Å². The van der Waals surface area contributed by atoms with Crippen LogP contribution in [0.4, 0.5) is 17.6 Å². The Kier molecular flexibility index (Phi) is 6.46. The monoisotopic (exact) mass is 533 g/mol. The van der Waals surface area contributed by atoms with Crippen LogP contribution in [0.25, 0.3) is 11.5 Å². The van der Waals surface area contributed by atoms with E-state index in [-0.39, 0.29) is 34.9 Å². The van der Waals surface area contributed by atoms with Crippen LogP contribution in [0, 0.1) is 16.4 Å². The highest BCUT2D eigenvalue weighted by atomic mass is 32.2. The van der Waals surface area contributed by atoms with Gasteiger partial charge in [-0.1, -0.05) is 18.2 Å². The molecular formula is C20H19F4N5O4S2. The topological polar surface area (TPSA) is 143 Å². The molecule has 188 valence electrons. The van der Waals surface area contributed by atoms with Crippen molar-refractivity contribution in [1.82, 2.24) is 14.5 Å². The van der Waals surface area contributed by atoms with Crippen LogP contribution < -0.4 is 5.14 Å². The molecular weight excluding hydrogens is 514 g/mol. The van der Waals surface area contributed by atoms with Gasteiger partial charge < -0.3 is 4.42 Å². The zero-order valence-corrected chi connectivity index (χ0v) is 19.5. The number of hydrogen-bond donors (Lipinski definition) is 2. The summed E-state index contributed by atoms with van der Waals surface area (Å²) in [6.45, 7) is -0.364. The Bertz CT molecular complexity index is 1460. The Morgan fingerprint density at radius 3 is 2.43 bits per heavy atom. The first-order chi connectivity index (χ1) is 16.3. The van der Waals surface area contributed by atoms with Crippen molar-refractivity contribution in [3.63, 3.8) is 0 Å². The molecule has 35 heavy (non-hydrogen) atoms. The van der Waals surface area contributed by atoms with Gasteiger partial charge in [-0.25, -0.2) is 18.1 Å². The third-order valence-electron chi connectivity index (χ3n) is 5.67. The number of hydrogen-bond acceptors (Lipinski definition) is 7. The maximum atomic E-state index is 15.2. The molecule has 2 aromatic carbocycles. The molecule has 0 amide bonds. The van der Waals surface area contributed by atoms with Crippen LogP contribution in [0.15, 0.2) is 46.9 Å². The Morgan fingerprint density at radius 2 is 1.86 bits per heavy atom. The number of nitrogens with one attached hydrogen (secondary N) is 1. The van der Waals surface area contributed by atoms with Gasteiger partial charge in [-0.05, 0) is 41.8 Å². The molecule has 0 spiro atoms. The minimum absolute atomic E-state index is 0.00211. The van der Waals surface area contributed by atoms with Crippen molar-refractivity contribution in [3.8, 4) is 11.5 Å². The van der Waals surface area contributed by atoms with Gasteiger partial charge in [-0.2, -0.15) is 21.5 Å². The molecule has 3 aromatic rings.